The number of benzene rings is 1. The van der Waals surface area contributed by atoms with Crippen LogP contribution in [0.15, 0.2) is 29.1 Å². The first-order chi connectivity index (χ1) is 11.1. The third-order valence-corrected chi connectivity index (χ3v) is 4.01. The number of hydrogen-bond donors (Lipinski definition) is 1. The van der Waals surface area contributed by atoms with Crippen LogP contribution >= 0.6 is 0 Å². The number of para-hydroxylation sites is 1. The van der Waals surface area contributed by atoms with E-state index in [1.807, 2.05) is 28.8 Å². The highest BCUT2D eigenvalue weighted by Crippen LogP contribution is 2.17. The highest BCUT2D eigenvalue weighted by Gasteiger charge is 2.18. The summed E-state index contributed by atoms with van der Waals surface area (Å²) in [7, 11) is 4.12. The summed E-state index contributed by atoms with van der Waals surface area (Å²) in [4.78, 5) is 19.8. The molecule has 1 atom stereocenters. The minimum Gasteiger partial charge on any atom is -0.308 e. The third-order valence-electron chi connectivity index (χ3n) is 4.01. The smallest absolute Gasteiger partial charge is 0.261 e. The van der Waals surface area contributed by atoms with Crippen molar-refractivity contribution in [2.45, 2.75) is 39.3 Å². The van der Waals surface area contributed by atoms with Gasteiger partial charge in [-0.05, 0) is 39.1 Å². The molecule has 0 bridgehead atoms. The predicted octanol–water partition coefficient (Wildman–Crippen LogP) is 2.41. The number of aromatic nitrogens is 2. The fourth-order valence-corrected chi connectivity index (χ4v) is 2.77. The SMILES string of the molecule is CCCn1c([C@@H](CC)NCCN(C)C)nc2ccccc2c1=O. The summed E-state index contributed by atoms with van der Waals surface area (Å²) in [5, 5.41) is 4.25. The van der Waals surface area contributed by atoms with Gasteiger partial charge in [-0.15, -0.1) is 0 Å². The number of likely N-dealkylation sites (N-methyl/N-ethyl adjacent to an activating group) is 1. The summed E-state index contributed by atoms with van der Waals surface area (Å²) in [5.41, 5.74) is 0.855. The summed E-state index contributed by atoms with van der Waals surface area (Å²) in [6.07, 6.45) is 1.82. The Bertz CT molecular complexity index is 693. The molecule has 23 heavy (non-hydrogen) atoms. The Morgan fingerprint density at radius 1 is 1.26 bits per heavy atom. The summed E-state index contributed by atoms with van der Waals surface area (Å²) in [5.74, 6) is 0.858. The minimum atomic E-state index is 0.0697. The van der Waals surface area contributed by atoms with Crippen molar-refractivity contribution in [3.63, 3.8) is 0 Å². The highest BCUT2D eigenvalue weighted by atomic mass is 16.1. The lowest BCUT2D eigenvalue weighted by Crippen LogP contribution is -2.35. The molecule has 0 radical (unpaired) electrons. The first-order valence-electron chi connectivity index (χ1n) is 8.46. The van der Waals surface area contributed by atoms with E-state index in [9.17, 15) is 4.79 Å². The van der Waals surface area contributed by atoms with Crippen LogP contribution in [-0.4, -0.2) is 41.6 Å². The molecule has 2 rings (SSSR count). The standard InChI is InChI=1S/C18H28N4O/c1-5-12-22-17(15(6-2)19-11-13-21(3)4)20-16-10-8-7-9-14(16)18(22)23/h7-10,15,19H,5-6,11-13H2,1-4H3/t15-/m1/s1. The number of rotatable bonds is 8. The molecule has 1 aromatic carbocycles. The van der Waals surface area contributed by atoms with E-state index in [0.29, 0.717) is 11.9 Å². The Hall–Kier alpha value is -1.72. The van der Waals surface area contributed by atoms with Gasteiger partial charge >= 0.3 is 0 Å². The van der Waals surface area contributed by atoms with Crippen molar-refractivity contribution < 1.29 is 0 Å². The Morgan fingerprint density at radius 3 is 2.65 bits per heavy atom. The molecule has 1 N–H and O–H groups in total. The van der Waals surface area contributed by atoms with Crippen molar-refractivity contribution in [3.8, 4) is 0 Å². The Labute approximate surface area is 138 Å². The van der Waals surface area contributed by atoms with E-state index >= 15 is 0 Å². The van der Waals surface area contributed by atoms with Crippen molar-refractivity contribution in [1.29, 1.82) is 0 Å². The molecule has 0 amide bonds. The van der Waals surface area contributed by atoms with Crippen molar-refractivity contribution in [2.24, 2.45) is 0 Å². The predicted molar refractivity (Wildman–Crippen MR) is 95.9 cm³/mol. The van der Waals surface area contributed by atoms with E-state index < -0.39 is 0 Å². The Morgan fingerprint density at radius 2 is 2.00 bits per heavy atom. The number of hydrogen-bond acceptors (Lipinski definition) is 4. The molecule has 1 aromatic heterocycles. The van der Waals surface area contributed by atoms with E-state index in [2.05, 4.69) is 38.2 Å². The molecule has 0 aliphatic carbocycles. The molecule has 0 unspecified atom stereocenters. The molecule has 5 nitrogen and oxygen atoms in total. The Kier molecular flexibility index (Phi) is 6.30. The topological polar surface area (TPSA) is 50.2 Å². The molecule has 0 aliphatic heterocycles. The van der Waals surface area contributed by atoms with Crippen LogP contribution in [0, 0.1) is 0 Å². The second-order valence-electron chi connectivity index (χ2n) is 6.16. The van der Waals surface area contributed by atoms with E-state index in [4.69, 9.17) is 4.98 Å². The van der Waals surface area contributed by atoms with E-state index in [0.717, 1.165) is 37.3 Å². The van der Waals surface area contributed by atoms with Crippen molar-refractivity contribution in [1.82, 2.24) is 19.8 Å². The molecule has 5 heteroatoms. The van der Waals surface area contributed by atoms with Gasteiger partial charge in [0.1, 0.15) is 5.82 Å². The zero-order valence-corrected chi connectivity index (χ0v) is 14.7. The maximum Gasteiger partial charge on any atom is 0.261 e. The normalized spacial score (nSPS) is 12.9. The van der Waals surface area contributed by atoms with E-state index in [1.54, 1.807) is 0 Å². The van der Waals surface area contributed by atoms with E-state index in [1.165, 1.54) is 0 Å². The summed E-state index contributed by atoms with van der Waals surface area (Å²) in [6.45, 7) is 6.76. The van der Waals surface area contributed by atoms with Crippen LogP contribution in [0.5, 0.6) is 0 Å². The zero-order chi connectivity index (χ0) is 16.8. The average Bonchev–Trinajstić information content (AvgIpc) is 2.54. The molecule has 0 fully saturated rings. The maximum atomic E-state index is 12.8. The first-order valence-corrected chi connectivity index (χ1v) is 8.46. The monoisotopic (exact) mass is 316 g/mol. The Balaban J connectivity index is 2.43. The van der Waals surface area contributed by atoms with Crippen molar-refractivity contribution >= 4 is 10.9 Å². The van der Waals surface area contributed by atoms with E-state index in [-0.39, 0.29) is 11.6 Å². The second-order valence-corrected chi connectivity index (χ2v) is 6.16. The number of nitrogens with one attached hydrogen (secondary N) is 1. The second kappa shape index (κ2) is 8.22. The fourth-order valence-electron chi connectivity index (χ4n) is 2.77. The molecule has 126 valence electrons. The van der Waals surface area contributed by atoms with Crippen LogP contribution < -0.4 is 10.9 Å². The minimum absolute atomic E-state index is 0.0697. The summed E-state index contributed by atoms with van der Waals surface area (Å²) in [6, 6.07) is 7.71. The summed E-state index contributed by atoms with van der Waals surface area (Å²) < 4.78 is 1.85. The lowest BCUT2D eigenvalue weighted by Gasteiger charge is -2.22. The van der Waals surface area contributed by atoms with Crippen LogP contribution in [0.4, 0.5) is 0 Å². The van der Waals surface area contributed by atoms with Crippen LogP contribution in [0.3, 0.4) is 0 Å². The zero-order valence-electron chi connectivity index (χ0n) is 14.7. The van der Waals surface area contributed by atoms with Crippen LogP contribution in [0.2, 0.25) is 0 Å². The van der Waals surface area contributed by atoms with Gasteiger partial charge in [-0.2, -0.15) is 0 Å². The van der Waals surface area contributed by atoms with Gasteiger partial charge in [-0.25, -0.2) is 4.98 Å². The first kappa shape index (κ1) is 17.6. The van der Waals surface area contributed by atoms with Crippen LogP contribution in [-0.2, 0) is 6.54 Å². The van der Waals surface area contributed by atoms with Gasteiger partial charge in [0.25, 0.3) is 5.56 Å². The molecule has 0 spiro atoms. The molecular weight excluding hydrogens is 288 g/mol. The molecular formula is C18H28N4O. The highest BCUT2D eigenvalue weighted by molar-refractivity contribution is 5.77. The maximum absolute atomic E-state index is 12.8. The van der Waals surface area contributed by atoms with Gasteiger partial charge in [0.2, 0.25) is 0 Å². The molecule has 2 aromatic rings. The lowest BCUT2D eigenvalue weighted by molar-refractivity contribution is 0.372. The molecule has 0 aliphatic rings. The van der Waals surface area contributed by atoms with Gasteiger partial charge in [-0.3, -0.25) is 9.36 Å². The summed E-state index contributed by atoms with van der Waals surface area (Å²) >= 11 is 0. The van der Waals surface area contributed by atoms with Gasteiger partial charge in [0.15, 0.2) is 0 Å². The molecule has 0 saturated carbocycles. The van der Waals surface area contributed by atoms with Gasteiger partial charge in [-0.1, -0.05) is 26.0 Å². The van der Waals surface area contributed by atoms with Crippen molar-refractivity contribution in [2.75, 3.05) is 27.2 Å². The van der Waals surface area contributed by atoms with Crippen LogP contribution in [0.25, 0.3) is 10.9 Å². The quantitative estimate of drug-likeness (QED) is 0.812. The number of nitrogens with zero attached hydrogens (tertiary/aromatic N) is 3. The fraction of sp³-hybridized carbons (Fsp3) is 0.556. The molecule has 1 heterocycles. The molecule has 0 saturated heterocycles. The van der Waals surface area contributed by atoms with Gasteiger partial charge < -0.3 is 10.2 Å². The van der Waals surface area contributed by atoms with Gasteiger partial charge in [0, 0.05) is 19.6 Å². The number of fused-ring (bicyclic) bond motifs is 1. The van der Waals surface area contributed by atoms with Gasteiger partial charge in [0.05, 0.1) is 16.9 Å². The largest absolute Gasteiger partial charge is 0.308 e. The van der Waals surface area contributed by atoms with Crippen molar-refractivity contribution in [3.05, 3.63) is 40.4 Å². The average molecular weight is 316 g/mol. The van der Waals surface area contributed by atoms with Crippen LogP contribution in [0.1, 0.15) is 38.6 Å². The third kappa shape index (κ3) is 4.18. The lowest BCUT2D eigenvalue weighted by atomic mass is 10.1.